The molecule has 27 heavy (non-hydrogen) atoms. The topological polar surface area (TPSA) is 97.3 Å². The largest absolute Gasteiger partial charge is 0.366 e. The van der Waals surface area contributed by atoms with Gasteiger partial charge in [-0.25, -0.2) is 9.50 Å². The fraction of sp³-hybridized carbons (Fsp3) is 0.316. The van der Waals surface area contributed by atoms with Crippen LogP contribution in [0.25, 0.3) is 5.65 Å². The molecule has 1 aliphatic carbocycles. The first kappa shape index (κ1) is 17.8. The Bertz CT molecular complexity index is 972. The van der Waals surface area contributed by atoms with Gasteiger partial charge >= 0.3 is 0 Å². The number of benzene rings is 1. The zero-order valence-corrected chi connectivity index (χ0v) is 15.5. The van der Waals surface area contributed by atoms with Gasteiger partial charge < -0.3 is 16.4 Å². The second-order valence-electron chi connectivity index (χ2n) is 6.77. The number of halogens is 1. The minimum atomic E-state index is -0.308. The average Bonchev–Trinajstić information content (AvgIpc) is 3.09. The molecule has 0 unspecified atom stereocenters. The molecule has 1 aromatic carbocycles. The number of carbonyl (C=O) groups excluding carboxylic acids is 1. The summed E-state index contributed by atoms with van der Waals surface area (Å²) in [5.41, 5.74) is 7.62. The van der Waals surface area contributed by atoms with Gasteiger partial charge in [-0.1, -0.05) is 36.6 Å². The molecule has 1 amide bonds. The average molecular weight is 385 g/mol. The van der Waals surface area contributed by atoms with Gasteiger partial charge in [-0.2, -0.15) is 5.10 Å². The van der Waals surface area contributed by atoms with E-state index in [1.54, 1.807) is 22.8 Å². The van der Waals surface area contributed by atoms with E-state index in [0.29, 0.717) is 27.7 Å². The number of nitrogens with one attached hydrogen (secondary N) is 2. The maximum Gasteiger partial charge on any atom is 0.261 e. The molecule has 0 saturated heterocycles. The van der Waals surface area contributed by atoms with Gasteiger partial charge in [-0.05, 0) is 31.0 Å². The third kappa shape index (κ3) is 3.74. The van der Waals surface area contributed by atoms with Crippen LogP contribution in [0.2, 0.25) is 5.02 Å². The number of fused-ring (bicyclic) bond motifs is 1. The highest BCUT2D eigenvalue weighted by Gasteiger charge is 2.22. The Labute approximate surface area is 161 Å². The zero-order valence-electron chi connectivity index (χ0n) is 14.7. The summed E-state index contributed by atoms with van der Waals surface area (Å²) < 4.78 is 1.58. The Morgan fingerprint density at radius 3 is 2.85 bits per heavy atom. The van der Waals surface area contributed by atoms with Gasteiger partial charge in [-0.15, -0.1) is 0 Å². The van der Waals surface area contributed by atoms with Gasteiger partial charge in [0, 0.05) is 18.3 Å². The van der Waals surface area contributed by atoms with Crippen LogP contribution in [-0.4, -0.2) is 32.6 Å². The molecule has 2 heterocycles. The number of amides is 1. The predicted octanol–water partition coefficient (Wildman–Crippen LogP) is 3.32. The van der Waals surface area contributed by atoms with E-state index in [-0.39, 0.29) is 18.0 Å². The Morgan fingerprint density at radius 1 is 1.22 bits per heavy atom. The summed E-state index contributed by atoms with van der Waals surface area (Å²) in [6, 6.07) is 9.24. The van der Waals surface area contributed by atoms with Crippen molar-refractivity contribution in [1.82, 2.24) is 14.6 Å². The first-order valence-corrected chi connectivity index (χ1v) is 9.42. The molecular weight excluding hydrogens is 364 g/mol. The van der Waals surface area contributed by atoms with Crippen molar-refractivity contribution in [3.8, 4) is 0 Å². The Morgan fingerprint density at radius 2 is 2.04 bits per heavy atom. The molecule has 140 valence electrons. The highest BCUT2D eigenvalue weighted by atomic mass is 35.5. The van der Waals surface area contributed by atoms with Crippen molar-refractivity contribution < 1.29 is 4.79 Å². The lowest BCUT2D eigenvalue weighted by Crippen LogP contribution is -2.42. The predicted molar refractivity (Wildman–Crippen MR) is 106 cm³/mol. The Hall–Kier alpha value is -2.64. The fourth-order valence-electron chi connectivity index (χ4n) is 3.39. The van der Waals surface area contributed by atoms with Gasteiger partial charge in [0.25, 0.3) is 5.91 Å². The number of para-hydroxylation sites is 1. The zero-order chi connectivity index (χ0) is 18.8. The Balaban J connectivity index is 1.58. The quantitative estimate of drug-likeness (QED) is 0.641. The van der Waals surface area contributed by atoms with Crippen LogP contribution in [-0.2, 0) is 0 Å². The molecule has 7 nitrogen and oxygen atoms in total. The molecule has 0 spiro atoms. The first-order chi connectivity index (χ1) is 13.1. The van der Waals surface area contributed by atoms with Crippen molar-refractivity contribution in [2.24, 2.45) is 5.73 Å². The van der Waals surface area contributed by atoms with E-state index < -0.39 is 0 Å². The number of anilines is 2. The minimum Gasteiger partial charge on any atom is -0.366 e. The number of hydrogen-bond donors (Lipinski definition) is 3. The van der Waals surface area contributed by atoms with Gasteiger partial charge in [0.15, 0.2) is 5.65 Å². The normalized spacial score (nSPS) is 19.8. The number of hydrogen-bond acceptors (Lipinski definition) is 5. The summed E-state index contributed by atoms with van der Waals surface area (Å²) in [7, 11) is 0. The van der Waals surface area contributed by atoms with Crippen LogP contribution < -0.4 is 16.4 Å². The molecule has 0 bridgehead atoms. The minimum absolute atomic E-state index is 0.115. The molecule has 4 N–H and O–H groups in total. The number of carbonyl (C=O) groups is 1. The summed E-state index contributed by atoms with van der Waals surface area (Å²) in [5, 5.41) is 10.9. The smallest absolute Gasteiger partial charge is 0.261 e. The maximum absolute atomic E-state index is 12.7. The molecule has 2 aromatic heterocycles. The molecule has 1 aliphatic rings. The lowest BCUT2D eigenvalue weighted by atomic mass is 9.91. The van der Waals surface area contributed by atoms with E-state index in [9.17, 15) is 4.79 Å². The third-order valence-electron chi connectivity index (χ3n) is 4.89. The maximum atomic E-state index is 12.7. The van der Waals surface area contributed by atoms with Crippen LogP contribution >= 0.6 is 11.6 Å². The molecule has 0 aliphatic heterocycles. The van der Waals surface area contributed by atoms with E-state index >= 15 is 0 Å². The summed E-state index contributed by atoms with van der Waals surface area (Å²) in [5.74, 6) is 0.384. The van der Waals surface area contributed by atoms with E-state index in [1.807, 2.05) is 18.2 Å². The van der Waals surface area contributed by atoms with Crippen LogP contribution in [0.1, 0.15) is 36.0 Å². The van der Waals surface area contributed by atoms with Crippen LogP contribution in [0, 0.1) is 0 Å². The van der Waals surface area contributed by atoms with E-state index in [4.69, 9.17) is 17.3 Å². The first-order valence-electron chi connectivity index (χ1n) is 9.04. The lowest BCUT2D eigenvalue weighted by Gasteiger charge is -2.29. The third-order valence-corrected chi connectivity index (χ3v) is 5.22. The fourth-order valence-corrected chi connectivity index (χ4v) is 3.57. The second-order valence-corrected chi connectivity index (χ2v) is 7.18. The number of rotatable bonds is 4. The number of nitrogens with zero attached hydrogens (tertiary/aromatic N) is 3. The Kier molecular flexibility index (Phi) is 4.96. The van der Waals surface area contributed by atoms with Gasteiger partial charge in [0.1, 0.15) is 11.4 Å². The number of nitrogens with two attached hydrogens (primary N) is 1. The SMILES string of the molecule is N[C@H]1CCCC[C@H]1Nc1ccn2ncc(C(=O)Nc3ccccc3Cl)c2n1. The summed E-state index contributed by atoms with van der Waals surface area (Å²) in [4.78, 5) is 17.3. The molecular formula is C19H21ClN6O. The summed E-state index contributed by atoms with van der Waals surface area (Å²) in [6.07, 6.45) is 7.65. The van der Waals surface area contributed by atoms with Gasteiger partial charge in [-0.3, -0.25) is 4.79 Å². The van der Waals surface area contributed by atoms with Crippen molar-refractivity contribution in [2.75, 3.05) is 10.6 Å². The van der Waals surface area contributed by atoms with Crippen molar-refractivity contribution in [1.29, 1.82) is 0 Å². The van der Waals surface area contributed by atoms with Crippen molar-refractivity contribution in [3.05, 3.63) is 53.3 Å². The highest BCUT2D eigenvalue weighted by Crippen LogP contribution is 2.23. The summed E-state index contributed by atoms with van der Waals surface area (Å²) in [6.45, 7) is 0. The van der Waals surface area contributed by atoms with Crippen LogP contribution in [0.4, 0.5) is 11.5 Å². The van der Waals surface area contributed by atoms with Crippen molar-refractivity contribution in [3.63, 3.8) is 0 Å². The van der Waals surface area contributed by atoms with Gasteiger partial charge in [0.2, 0.25) is 0 Å². The molecule has 8 heteroatoms. The molecule has 2 atom stereocenters. The van der Waals surface area contributed by atoms with Crippen molar-refractivity contribution >= 4 is 34.7 Å². The number of aromatic nitrogens is 3. The molecule has 1 saturated carbocycles. The van der Waals surface area contributed by atoms with E-state index in [1.165, 1.54) is 12.6 Å². The van der Waals surface area contributed by atoms with Gasteiger partial charge in [0.05, 0.1) is 16.9 Å². The second kappa shape index (κ2) is 7.54. The standard InChI is InChI=1S/C19H21ClN6O/c20-13-5-1-3-7-15(13)24-19(27)12-11-22-26-10-9-17(25-18(12)26)23-16-8-4-2-6-14(16)21/h1,3,5,7,9-11,14,16H,2,4,6,8,21H2,(H,23,25)(H,24,27)/t14-,16+/m0/s1. The van der Waals surface area contributed by atoms with Crippen LogP contribution in [0.3, 0.4) is 0 Å². The molecule has 0 radical (unpaired) electrons. The van der Waals surface area contributed by atoms with Crippen LogP contribution in [0.15, 0.2) is 42.7 Å². The monoisotopic (exact) mass is 384 g/mol. The van der Waals surface area contributed by atoms with Crippen molar-refractivity contribution in [2.45, 2.75) is 37.8 Å². The van der Waals surface area contributed by atoms with E-state index in [0.717, 1.165) is 19.3 Å². The lowest BCUT2D eigenvalue weighted by molar-refractivity contribution is 0.102. The van der Waals surface area contributed by atoms with Crippen LogP contribution in [0.5, 0.6) is 0 Å². The molecule has 4 rings (SSSR count). The molecule has 3 aromatic rings. The highest BCUT2D eigenvalue weighted by molar-refractivity contribution is 6.34. The van der Waals surface area contributed by atoms with E-state index in [2.05, 4.69) is 20.7 Å². The molecule has 1 fully saturated rings. The summed E-state index contributed by atoms with van der Waals surface area (Å²) >= 11 is 6.12.